The average molecular weight is 509 g/mol. The summed E-state index contributed by atoms with van der Waals surface area (Å²) in [5.74, 6) is 1.66. The molecule has 4 aromatic carbocycles. The number of aromatic nitrogens is 2. The first kappa shape index (κ1) is 26.9. The van der Waals surface area contributed by atoms with Crippen LogP contribution in [0.2, 0.25) is 6.04 Å². The molecular formula is C34H33BN2Si. The Labute approximate surface area is 230 Å². The summed E-state index contributed by atoms with van der Waals surface area (Å²) < 4.78 is 2.28. The van der Waals surface area contributed by atoms with Crippen LogP contribution in [0, 0.1) is 0 Å². The van der Waals surface area contributed by atoms with Gasteiger partial charge in [0.1, 0.15) is 7.85 Å². The minimum Gasteiger partial charge on any atom is -0.327 e. The van der Waals surface area contributed by atoms with Crippen molar-refractivity contribution in [2.45, 2.75) is 18.1 Å². The van der Waals surface area contributed by atoms with E-state index in [1.165, 1.54) is 16.7 Å². The lowest BCUT2D eigenvalue weighted by Crippen LogP contribution is -2.41. The molecule has 0 bridgehead atoms. The molecule has 0 aliphatic heterocycles. The zero-order valence-corrected chi connectivity index (χ0v) is 23.4. The fourth-order valence-electron chi connectivity index (χ4n) is 4.78. The minimum absolute atomic E-state index is 0.127. The molecule has 2 nitrogen and oxygen atoms in total. The lowest BCUT2D eigenvalue weighted by molar-refractivity contribution is 0.592. The molecule has 0 fully saturated rings. The van der Waals surface area contributed by atoms with E-state index in [2.05, 4.69) is 114 Å². The van der Waals surface area contributed by atoms with Crippen LogP contribution in [0.4, 0.5) is 0 Å². The Hall–Kier alpha value is -4.15. The highest BCUT2D eigenvalue weighted by Gasteiger charge is 2.35. The van der Waals surface area contributed by atoms with Gasteiger partial charge in [0.25, 0.3) is 0 Å². The Morgan fingerprint density at radius 3 is 1.61 bits per heavy atom. The highest BCUT2D eigenvalue weighted by atomic mass is 28.2. The van der Waals surface area contributed by atoms with Crippen molar-refractivity contribution in [2.24, 2.45) is 0 Å². The lowest BCUT2D eigenvalue weighted by atomic mass is 9.92. The van der Waals surface area contributed by atoms with E-state index in [0.29, 0.717) is 0 Å². The molecule has 0 saturated carbocycles. The predicted octanol–water partition coefficient (Wildman–Crippen LogP) is 7.04. The van der Waals surface area contributed by atoms with E-state index in [9.17, 15) is 0 Å². The molecule has 4 heteroatoms. The zero-order valence-electron chi connectivity index (χ0n) is 21.9. The van der Waals surface area contributed by atoms with E-state index in [-0.39, 0.29) is 5.16 Å². The molecule has 1 heterocycles. The fraction of sp³-hybridized carbons (Fsp3) is 0.0882. The Morgan fingerprint density at radius 2 is 1.24 bits per heavy atom. The average Bonchev–Trinajstić information content (AvgIpc) is 3.52. The van der Waals surface area contributed by atoms with Crippen LogP contribution in [0.25, 0.3) is 5.57 Å². The topological polar surface area (TPSA) is 17.8 Å². The maximum atomic E-state index is 5.67. The van der Waals surface area contributed by atoms with Crippen molar-refractivity contribution in [3.05, 3.63) is 180 Å². The van der Waals surface area contributed by atoms with Gasteiger partial charge in [0.15, 0.2) is 0 Å². The van der Waals surface area contributed by atoms with Gasteiger partial charge in [-0.05, 0) is 40.8 Å². The minimum atomic E-state index is -0.571. The Kier molecular flexibility index (Phi) is 9.49. The number of benzene rings is 4. The van der Waals surface area contributed by atoms with Crippen molar-refractivity contribution < 1.29 is 0 Å². The van der Waals surface area contributed by atoms with Crippen LogP contribution in [-0.2, 0) is 5.16 Å². The van der Waals surface area contributed by atoms with Crippen LogP contribution in [0.15, 0.2) is 158 Å². The molecule has 186 valence electrons. The number of rotatable bonds is 8. The van der Waals surface area contributed by atoms with Gasteiger partial charge in [-0.25, -0.2) is 4.98 Å². The summed E-state index contributed by atoms with van der Waals surface area (Å²) in [7, 11) is 5.10. The normalized spacial score (nSPS) is 11.0. The van der Waals surface area contributed by atoms with Gasteiger partial charge in [0.2, 0.25) is 0 Å². The van der Waals surface area contributed by atoms with Gasteiger partial charge in [0, 0.05) is 12.4 Å². The maximum Gasteiger partial charge on any atom is 0.103 e. The highest BCUT2D eigenvalue weighted by molar-refractivity contribution is 6.42. The molecule has 1 aromatic heterocycles. The summed E-state index contributed by atoms with van der Waals surface area (Å²) in [5, 5.41) is -0.127. The Morgan fingerprint density at radius 1 is 0.789 bits per heavy atom. The number of hydrogen-bond acceptors (Lipinski definition) is 1. The first-order valence-electron chi connectivity index (χ1n) is 12.9. The first-order chi connectivity index (χ1) is 18.6. The number of nitrogens with zero attached hydrogens (tertiary/aromatic N) is 2. The van der Waals surface area contributed by atoms with E-state index in [0.717, 1.165) is 22.7 Å². The summed E-state index contributed by atoms with van der Waals surface area (Å²) in [6.07, 6.45) is 5.91. The monoisotopic (exact) mass is 508 g/mol. The van der Waals surface area contributed by atoms with Gasteiger partial charge in [-0.2, -0.15) is 0 Å². The Balaban J connectivity index is 0.000000194. The predicted molar refractivity (Wildman–Crippen MR) is 165 cm³/mol. The molecule has 0 spiro atoms. The third kappa shape index (κ3) is 6.40. The van der Waals surface area contributed by atoms with Crippen LogP contribution in [0.1, 0.15) is 29.2 Å². The second-order valence-corrected chi connectivity index (χ2v) is 11.4. The van der Waals surface area contributed by atoms with Crippen molar-refractivity contribution in [3.8, 4) is 0 Å². The van der Waals surface area contributed by atoms with E-state index in [1.807, 2.05) is 48.9 Å². The molecular weight excluding hydrogens is 475 g/mol. The summed E-state index contributed by atoms with van der Waals surface area (Å²) in [6.45, 7) is 6.26. The molecule has 0 aliphatic carbocycles. The smallest absolute Gasteiger partial charge is 0.103 e. The summed E-state index contributed by atoms with van der Waals surface area (Å²) in [5.41, 5.74) is 7.27. The molecule has 0 N–H and O–H groups in total. The third-order valence-corrected chi connectivity index (χ3v) is 9.71. The number of imidazole rings is 1. The lowest BCUT2D eigenvalue weighted by Gasteiger charge is -2.37. The standard InChI is InChI=1S/C20H22N2Si.C14H11B/c1-17(2)15-23-20(22-14-13-21-16-22,18-9-5-3-6-10-18)19-11-7-4-8-12-19;15-11-14(12-7-3-1-4-8-12)13-9-5-2-6-10-13/h3-14,16H,1,15,23H2,2H3;1-11H. The van der Waals surface area contributed by atoms with Gasteiger partial charge in [-0.15, -0.1) is 12.6 Å². The van der Waals surface area contributed by atoms with E-state index >= 15 is 0 Å². The van der Waals surface area contributed by atoms with Gasteiger partial charge in [-0.3, -0.25) is 0 Å². The summed E-state index contributed by atoms with van der Waals surface area (Å²) in [4.78, 5) is 4.33. The maximum absolute atomic E-state index is 5.67. The highest BCUT2D eigenvalue weighted by Crippen LogP contribution is 2.34. The van der Waals surface area contributed by atoms with E-state index in [1.54, 1.807) is 5.98 Å². The number of hydrogen-bond donors (Lipinski definition) is 0. The van der Waals surface area contributed by atoms with Crippen LogP contribution in [0.3, 0.4) is 0 Å². The van der Waals surface area contributed by atoms with Gasteiger partial charge >= 0.3 is 0 Å². The van der Waals surface area contributed by atoms with Gasteiger partial charge in [-0.1, -0.05) is 127 Å². The number of allylic oxidation sites excluding steroid dienone is 1. The first-order valence-corrected chi connectivity index (χ1v) is 14.6. The molecule has 5 aromatic rings. The van der Waals surface area contributed by atoms with Crippen LogP contribution in [-0.4, -0.2) is 26.9 Å². The summed E-state index contributed by atoms with van der Waals surface area (Å²) >= 11 is 0. The van der Waals surface area contributed by atoms with Crippen molar-refractivity contribution in [3.63, 3.8) is 0 Å². The van der Waals surface area contributed by atoms with Crippen LogP contribution < -0.4 is 0 Å². The molecule has 5 rings (SSSR count). The van der Waals surface area contributed by atoms with Crippen molar-refractivity contribution in [2.75, 3.05) is 0 Å². The molecule has 0 atom stereocenters. The quantitative estimate of drug-likeness (QED) is 0.162. The molecule has 0 unspecified atom stereocenters. The molecule has 0 amide bonds. The fourth-order valence-corrected chi connectivity index (χ4v) is 7.07. The van der Waals surface area contributed by atoms with Crippen molar-refractivity contribution in [1.82, 2.24) is 9.55 Å². The summed E-state index contributed by atoms with van der Waals surface area (Å²) in [6, 6.07) is 43.0. The van der Waals surface area contributed by atoms with Crippen LogP contribution in [0.5, 0.6) is 0 Å². The van der Waals surface area contributed by atoms with E-state index < -0.39 is 9.52 Å². The molecule has 38 heavy (non-hydrogen) atoms. The largest absolute Gasteiger partial charge is 0.327 e. The second kappa shape index (κ2) is 13.4. The molecule has 0 aliphatic rings. The van der Waals surface area contributed by atoms with E-state index in [4.69, 9.17) is 7.85 Å². The molecule has 2 radical (unpaired) electrons. The second-order valence-electron chi connectivity index (χ2n) is 9.33. The van der Waals surface area contributed by atoms with Crippen LogP contribution >= 0.6 is 0 Å². The van der Waals surface area contributed by atoms with Gasteiger partial charge in [0.05, 0.1) is 21.0 Å². The van der Waals surface area contributed by atoms with Crippen molar-refractivity contribution >= 4 is 22.9 Å². The molecule has 0 saturated heterocycles. The zero-order chi connectivity index (χ0) is 26.6. The van der Waals surface area contributed by atoms with Crippen molar-refractivity contribution in [1.29, 1.82) is 0 Å². The Bertz CT molecular complexity index is 1330. The third-order valence-electron chi connectivity index (χ3n) is 6.70. The van der Waals surface area contributed by atoms with Gasteiger partial charge < -0.3 is 4.57 Å². The SMILES string of the molecule is C=C(C)C[SiH2]C(c1ccccc1)(c1ccccc1)n1ccnc1.[B]C=C(c1ccccc1)c1ccccc1.